The summed E-state index contributed by atoms with van der Waals surface area (Å²) >= 11 is 0. The van der Waals surface area contributed by atoms with Gasteiger partial charge < -0.3 is 20.1 Å². The monoisotopic (exact) mass is 305 g/mol. The smallest absolute Gasteiger partial charge is 0.318 e. The normalized spacial score (nSPS) is 15.2. The van der Waals surface area contributed by atoms with Crippen molar-refractivity contribution in [3.63, 3.8) is 0 Å². The highest BCUT2D eigenvalue weighted by molar-refractivity contribution is 5.76. The third-order valence-electron chi connectivity index (χ3n) is 3.39. The Morgan fingerprint density at radius 3 is 2.82 bits per heavy atom. The molecule has 0 fully saturated rings. The van der Waals surface area contributed by atoms with Crippen molar-refractivity contribution in [2.75, 3.05) is 20.2 Å². The van der Waals surface area contributed by atoms with Gasteiger partial charge in [0.1, 0.15) is 0 Å². The molecule has 2 rings (SSSR count). The van der Waals surface area contributed by atoms with E-state index in [0.717, 1.165) is 6.42 Å². The van der Waals surface area contributed by atoms with E-state index in [1.54, 1.807) is 17.0 Å². The highest BCUT2D eigenvalue weighted by Crippen LogP contribution is 2.19. The van der Waals surface area contributed by atoms with E-state index in [-0.39, 0.29) is 12.5 Å². The molecule has 1 aliphatic heterocycles. The van der Waals surface area contributed by atoms with E-state index < -0.39 is 12.0 Å². The quantitative estimate of drug-likeness (QED) is 0.806. The van der Waals surface area contributed by atoms with Crippen LogP contribution in [0.1, 0.15) is 24.4 Å². The van der Waals surface area contributed by atoms with Crippen molar-refractivity contribution in [3.05, 3.63) is 36.0 Å². The average molecular weight is 305 g/mol. The van der Waals surface area contributed by atoms with Gasteiger partial charge in [0.15, 0.2) is 0 Å². The maximum Gasteiger partial charge on any atom is 0.318 e. The molecule has 0 aliphatic carbocycles. The number of carbonyl (C=O) groups is 2. The minimum Gasteiger partial charge on any atom is -0.481 e. The number of ether oxygens (including phenoxy) is 1. The molecule has 1 aromatic rings. The van der Waals surface area contributed by atoms with Crippen molar-refractivity contribution in [2.24, 2.45) is 0 Å². The van der Waals surface area contributed by atoms with Crippen molar-refractivity contribution >= 4 is 12.0 Å². The first kappa shape index (κ1) is 15.8. The highest BCUT2D eigenvalue weighted by atomic mass is 16.5. The number of hydrogen-bond donors (Lipinski definition) is 2. The zero-order valence-electron chi connectivity index (χ0n) is 12.4. The van der Waals surface area contributed by atoms with Gasteiger partial charge >= 0.3 is 12.0 Å². The lowest BCUT2D eigenvalue weighted by Crippen LogP contribution is -2.43. The first-order valence-corrected chi connectivity index (χ1v) is 7.02. The van der Waals surface area contributed by atoms with Crippen LogP contribution in [0.4, 0.5) is 4.79 Å². The Hall–Kier alpha value is -2.57. The summed E-state index contributed by atoms with van der Waals surface area (Å²) < 4.78 is 4.98. The number of carboxylic acids is 1. The number of nitrogens with zero attached hydrogens (tertiary/aromatic N) is 2. The molecule has 7 heteroatoms. The molecule has 0 aromatic carbocycles. The second-order valence-corrected chi connectivity index (χ2v) is 4.94. The third-order valence-corrected chi connectivity index (χ3v) is 3.39. The molecule has 0 saturated carbocycles. The molecule has 0 bridgehead atoms. The fourth-order valence-electron chi connectivity index (χ4n) is 2.21. The van der Waals surface area contributed by atoms with E-state index in [1.807, 2.05) is 12.2 Å². The van der Waals surface area contributed by atoms with E-state index in [2.05, 4.69) is 10.3 Å². The van der Waals surface area contributed by atoms with Crippen LogP contribution < -0.4 is 10.1 Å². The summed E-state index contributed by atoms with van der Waals surface area (Å²) in [7, 11) is 1.50. The number of carbonyl (C=O) groups excluding carboxylic acids is 1. The number of urea groups is 1. The van der Waals surface area contributed by atoms with Crippen LogP contribution in [0.2, 0.25) is 0 Å². The Morgan fingerprint density at radius 1 is 1.45 bits per heavy atom. The molecule has 118 valence electrons. The van der Waals surface area contributed by atoms with Crippen LogP contribution >= 0.6 is 0 Å². The lowest BCUT2D eigenvalue weighted by Gasteiger charge is -2.26. The molecule has 2 N–H and O–H groups in total. The summed E-state index contributed by atoms with van der Waals surface area (Å²) in [6, 6.07) is 2.44. The summed E-state index contributed by atoms with van der Waals surface area (Å²) in [6.07, 6.45) is 6.06. The molecule has 1 aliphatic rings. The number of aliphatic carboxylic acids is 1. The molecule has 1 aromatic heterocycles. The van der Waals surface area contributed by atoms with Gasteiger partial charge in [-0.1, -0.05) is 18.2 Å². The van der Waals surface area contributed by atoms with Gasteiger partial charge in [0, 0.05) is 25.4 Å². The van der Waals surface area contributed by atoms with Crippen molar-refractivity contribution < 1.29 is 19.4 Å². The molecule has 7 nitrogen and oxygen atoms in total. The zero-order valence-corrected chi connectivity index (χ0v) is 12.4. The molecular weight excluding hydrogens is 286 g/mol. The van der Waals surface area contributed by atoms with Gasteiger partial charge in [-0.2, -0.15) is 0 Å². The standard InChI is InChI=1S/C15H19N3O4/c1-22-13-6-5-11(10-16-13)12(9-14(19)20)17-15(21)18-7-3-2-4-8-18/h2-3,5-6,10,12H,4,7-9H2,1H3,(H,17,21)(H,19,20). The van der Waals surface area contributed by atoms with E-state index in [0.29, 0.717) is 24.5 Å². The van der Waals surface area contributed by atoms with Crippen LogP contribution in [0, 0.1) is 0 Å². The molecular formula is C15H19N3O4. The molecule has 0 radical (unpaired) electrons. The Balaban J connectivity index is 2.09. The number of aromatic nitrogens is 1. The summed E-state index contributed by atoms with van der Waals surface area (Å²) in [4.78, 5) is 29.0. The topological polar surface area (TPSA) is 91.8 Å². The van der Waals surface area contributed by atoms with Crippen molar-refractivity contribution in [3.8, 4) is 5.88 Å². The number of amides is 2. The highest BCUT2D eigenvalue weighted by Gasteiger charge is 2.22. The van der Waals surface area contributed by atoms with E-state index in [1.165, 1.54) is 13.3 Å². The van der Waals surface area contributed by atoms with E-state index in [4.69, 9.17) is 9.84 Å². The van der Waals surface area contributed by atoms with Crippen LogP contribution in [0.5, 0.6) is 5.88 Å². The third kappa shape index (κ3) is 4.21. The fraction of sp³-hybridized carbons (Fsp3) is 0.400. The molecule has 0 spiro atoms. The Kier molecular flexibility index (Phi) is 5.35. The van der Waals surface area contributed by atoms with Crippen LogP contribution in [0.25, 0.3) is 0 Å². The lowest BCUT2D eigenvalue weighted by molar-refractivity contribution is -0.137. The van der Waals surface area contributed by atoms with Gasteiger partial charge in [-0.25, -0.2) is 9.78 Å². The van der Waals surface area contributed by atoms with Crippen LogP contribution in [0.3, 0.4) is 0 Å². The predicted molar refractivity (Wildman–Crippen MR) is 79.6 cm³/mol. The van der Waals surface area contributed by atoms with Gasteiger partial charge in [0.25, 0.3) is 0 Å². The molecule has 1 atom stereocenters. The van der Waals surface area contributed by atoms with Crippen LogP contribution in [0.15, 0.2) is 30.5 Å². The van der Waals surface area contributed by atoms with Crippen molar-refractivity contribution in [1.82, 2.24) is 15.2 Å². The number of rotatable bonds is 5. The summed E-state index contributed by atoms with van der Waals surface area (Å²) in [5, 5.41) is 11.8. The number of hydrogen-bond acceptors (Lipinski definition) is 4. The van der Waals surface area contributed by atoms with Gasteiger partial charge in [-0.3, -0.25) is 4.79 Å². The second-order valence-electron chi connectivity index (χ2n) is 4.94. The number of carboxylic acid groups (broad SMARTS) is 1. The first-order chi connectivity index (χ1) is 10.6. The lowest BCUT2D eigenvalue weighted by atomic mass is 10.1. The zero-order chi connectivity index (χ0) is 15.9. The Morgan fingerprint density at radius 2 is 2.27 bits per heavy atom. The van der Waals surface area contributed by atoms with Crippen molar-refractivity contribution in [2.45, 2.75) is 18.9 Å². The molecule has 0 saturated heterocycles. The number of methoxy groups -OCH3 is 1. The number of pyridine rings is 1. The van der Waals surface area contributed by atoms with E-state index >= 15 is 0 Å². The fourth-order valence-corrected chi connectivity index (χ4v) is 2.21. The maximum absolute atomic E-state index is 12.2. The number of nitrogens with one attached hydrogen (secondary N) is 1. The van der Waals surface area contributed by atoms with Gasteiger partial charge in [0.05, 0.1) is 19.6 Å². The van der Waals surface area contributed by atoms with Crippen molar-refractivity contribution in [1.29, 1.82) is 0 Å². The van der Waals surface area contributed by atoms with Crippen LogP contribution in [-0.4, -0.2) is 47.2 Å². The SMILES string of the molecule is COc1ccc(C(CC(=O)O)NC(=O)N2CC=CCC2)cn1. The van der Waals surface area contributed by atoms with E-state index in [9.17, 15) is 9.59 Å². The molecule has 1 unspecified atom stereocenters. The van der Waals surface area contributed by atoms with Gasteiger partial charge in [0.2, 0.25) is 5.88 Å². The maximum atomic E-state index is 12.2. The first-order valence-electron chi connectivity index (χ1n) is 7.02. The largest absolute Gasteiger partial charge is 0.481 e. The minimum atomic E-state index is -0.986. The second kappa shape index (κ2) is 7.44. The molecule has 2 heterocycles. The average Bonchev–Trinajstić information content (AvgIpc) is 2.54. The Bertz CT molecular complexity index is 556. The predicted octanol–water partition coefficient (Wildman–Crippen LogP) is 1.58. The molecule has 22 heavy (non-hydrogen) atoms. The van der Waals surface area contributed by atoms with Gasteiger partial charge in [-0.05, 0) is 12.0 Å². The molecule has 2 amide bonds. The summed E-state index contributed by atoms with van der Waals surface area (Å²) in [6.45, 7) is 1.16. The Labute approximate surface area is 128 Å². The summed E-state index contributed by atoms with van der Waals surface area (Å²) in [5.41, 5.74) is 0.629. The summed E-state index contributed by atoms with van der Waals surface area (Å²) in [5.74, 6) is -0.551. The van der Waals surface area contributed by atoms with Crippen LogP contribution in [-0.2, 0) is 4.79 Å². The van der Waals surface area contributed by atoms with Gasteiger partial charge in [-0.15, -0.1) is 0 Å². The minimum absolute atomic E-state index is 0.205.